The van der Waals surface area contributed by atoms with Gasteiger partial charge in [-0.05, 0) is 24.8 Å². The van der Waals surface area contributed by atoms with Crippen LogP contribution in [0.15, 0.2) is 35.6 Å². The van der Waals surface area contributed by atoms with E-state index in [1.54, 1.807) is 18.2 Å². The third kappa shape index (κ3) is 4.43. The molecule has 0 atom stereocenters. The highest BCUT2D eigenvalue weighted by atomic mass is 32.2. The van der Waals surface area contributed by atoms with E-state index in [1.807, 2.05) is 13.2 Å². The molecular formula is C19H19N5O4S. The molecule has 10 heteroatoms. The van der Waals surface area contributed by atoms with Gasteiger partial charge in [-0.15, -0.1) is 11.8 Å². The standard InChI is InChI=1S/C19H19N5O4S/c1-4-15-13(8-20-19-21-10-22-24(15)19)18(27)28-9-16(26)12-5-6-17(29-3)14(7-12)23-11(2)25/h5-8,10H,4,9H2,1-3H3,(H,23,25). The van der Waals surface area contributed by atoms with E-state index in [0.29, 0.717) is 29.1 Å². The summed E-state index contributed by atoms with van der Waals surface area (Å²) < 4.78 is 6.68. The molecule has 3 aromatic rings. The van der Waals surface area contributed by atoms with Crippen LogP contribution in [0.1, 0.15) is 40.3 Å². The zero-order chi connectivity index (χ0) is 21.0. The van der Waals surface area contributed by atoms with Crippen LogP contribution in [0.25, 0.3) is 5.78 Å². The number of thioether (sulfide) groups is 1. The summed E-state index contributed by atoms with van der Waals surface area (Å²) >= 11 is 1.45. The molecule has 0 radical (unpaired) electrons. The zero-order valence-electron chi connectivity index (χ0n) is 16.1. The molecule has 3 rings (SSSR count). The average Bonchev–Trinajstić information content (AvgIpc) is 3.19. The Bertz CT molecular complexity index is 1100. The van der Waals surface area contributed by atoms with E-state index < -0.39 is 12.6 Å². The minimum atomic E-state index is -0.664. The Labute approximate surface area is 170 Å². The fraction of sp³-hybridized carbons (Fsp3) is 0.263. The van der Waals surface area contributed by atoms with Crippen LogP contribution in [-0.4, -0.2) is 50.1 Å². The van der Waals surface area contributed by atoms with E-state index in [1.165, 1.54) is 35.7 Å². The molecule has 2 heterocycles. The summed E-state index contributed by atoms with van der Waals surface area (Å²) in [6.07, 6.45) is 5.11. The predicted molar refractivity (Wildman–Crippen MR) is 107 cm³/mol. The number of esters is 1. The van der Waals surface area contributed by atoms with Gasteiger partial charge in [-0.1, -0.05) is 13.0 Å². The van der Waals surface area contributed by atoms with Crippen LogP contribution in [0.3, 0.4) is 0 Å². The first kappa shape index (κ1) is 20.5. The fourth-order valence-electron chi connectivity index (χ4n) is 2.80. The highest BCUT2D eigenvalue weighted by molar-refractivity contribution is 7.98. The topological polar surface area (TPSA) is 116 Å². The van der Waals surface area contributed by atoms with Crippen molar-refractivity contribution in [1.82, 2.24) is 19.6 Å². The second kappa shape index (κ2) is 8.82. The Morgan fingerprint density at radius 3 is 2.72 bits per heavy atom. The molecule has 9 nitrogen and oxygen atoms in total. The number of anilines is 1. The van der Waals surface area contributed by atoms with Crippen LogP contribution in [-0.2, 0) is 16.0 Å². The highest BCUT2D eigenvalue weighted by Crippen LogP contribution is 2.26. The molecule has 1 aromatic carbocycles. The van der Waals surface area contributed by atoms with Gasteiger partial charge in [0.2, 0.25) is 5.91 Å². The molecule has 2 aromatic heterocycles. The van der Waals surface area contributed by atoms with Gasteiger partial charge in [0.25, 0.3) is 5.78 Å². The summed E-state index contributed by atoms with van der Waals surface area (Å²) in [5, 5.41) is 6.75. The lowest BCUT2D eigenvalue weighted by Crippen LogP contribution is -2.18. The van der Waals surface area contributed by atoms with Gasteiger partial charge in [0, 0.05) is 23.6 Å². The van der Waals surface area contributed by atoms with Crippen LogP contribution in [0.5, 0.6) is 0 Å². The van der Waals surface area contributed by atoms with Gasteiger partial charge in [0.15, 0.2) is 12.4 Å². The summed E-state index contributed by atoms with van der Waals surface area (Å²) in [5.74, 6) is -0.901. The third-order valence-electron chi connectivity index (χ3n) is 4.13. The van der Waals surface area contributed by atoms with E-state index in [2.05, 4.69) is 20.4 Å². The van der Waals surface area contributed by atoms with Crippen molar-refractivity contribution in [3.63, 3.8) is 0 Å². The largest absolute Gasteiger partial charge is 0.454 e. The van der Waals surface area contributed by atoms with Gasteiger partial charge < -0.3 is 10.1 Å². The second-order valence-electron chi connectivity index (χ2n) is 6.04. The lowest BCUT2D eigenvalue weighted by atomic mass is 10.1. The van der Waals surface area contributed by atoms with Gasteiger partial charge in [-0.25, -0.2) is 14.3 Å². The molecule has 0 aliphatic heterocycles. The molecule has 1 amide bonds. The van der Waals surface area contributed by atoms with Crippen molar-refractivity contribution in [2.75, 3.05) is 18.2 Å². The molecule has 0 spiro atoms. The molecule has 0 saturated heterocycles. The van der Waals surface area contributed by atoms with Crippen LogP contribution in [0, 0.1) is 0 Å². The summed E-state index contributed by atoms with van der Waals surface area (Å²) in [6.45, 7) is 2.83. The normalized spacial score (nSPS) is 10.7. The Hall–Kier alpha value is -3.27. The number of nitrogens with one attached hydrogen (secondary N) is 1. The number of rotatable bonds is 7. The van der Waals surface area contributed by atoms with Crippen molar-refractivity contribution in [3.8, 4) is 0 Å². The number of hydrogen-bond acceptors (Lipinski definition) is 8. The van der Waals surface area contributed by atoms with Crippen LogP contribution < -0.4 is 5.32 Å². The average molecular weight is 413 g/mol. The first-order chi connectivity index (χ1) is 13.9. The molecule has 0 aliphatic rings. The molecule has 0 aliphatic carbocycles. The van der Waals surface area contributed by atoms with E-state index in [9.17, 15) is 14.4 Å². The minimum Gasteiger partial charge on any atom is -0.454 e. The second-order valence-corrected chi connectivity index (χ2v) is 6.89. The number of nitrogens with zero attached hydrogens (tertiary/aromatic N) is 4. The first-order valence-corrected chi connectivity index (χ1v) is 10.0. The Morgan fingerprint density at radius 1 is 1.24 bits per heavy atom. The van der Waals surface area contributed by atoms with Crippen LogP contribution >= 0.6 is 11.8 Å². The number of amides is 1. The quantitative estimate of drug-likeness (QED) is 0.357. The van der Waals surface area contributed by atoms with Crippen molar-refractivity contribution in [3.05, 3.63) is 47.5 Å². The number of fused-ring (bicyclic) bond motifs is 1. The van der Waals surface area contributed by atoms with Crippen LogP contribution in [0.2, 0.25) is 0 Å². The number of ether oxygens (including phenoxy) is 1. The third-order valence-corrected chi connectivity index (χ3v) is 4.92. The van der Waals surface area contributed by atoms with E-state index in [4.69, 9.17) is 4.74 Å². The number of ketones is 1. The monoisotopic (exact) mass is 413 g/mol. The van der Waals surface area contributed by atoms with Gasteiger partial charge in [0.05, 0.1) is 16.9 Å². The van der Waals surface area contributed by atoms with E-state index in [-0.39, 0.29) is 17.3 Å². The summed E-state index contributed by atoms with van der Waals surface area (Å²) in [7, 11) is 0. The number of carbonyl (C=O) groups is 3. The number of hydrogen-bond donors (Lipinski definition) is 1. The lowest BCUT2D eigenvalue weighted by Gasteiger charge is -2.11. The molecule has 150 valence electrons. The lowest BCUT2D eigenvalue weighted by molar-refractivity contribution is -0.114. The predicted octanol–water partition coefficient (Wildman–Crippen LogP) is 2.41. The van der Waals surface area contributed by atoms with Gasteiger partial charge in [0.1, 0.15) is 6.33 Å². The Kier molecular flexibility index (Phi) is 6.23. The zero-order valence-corrected chi connectivity index (χ0v) is 16.9. The number of aryl methyl sites for hydroxylation is 1. The maximum absolute atomic E-state index is 12.5. The molecule has 0 fully saturated rings. The van der Waals surface area contributed by atoms with Crippen molar-refractivity contribution >= 4 is 40.9 Å². The van der Waals surface area contributed by atoms with Crippen molar-refractivity contribution in [2.24, 2.45) is 0 Å². The van der Waals surface area contributed by atoms with Crippen LogP contribution in [0.4, 0.5) is 5.69 Å². The summed E-state index contributed by atoms with van der Waals surface area (Å²) in [5.41, 5.74) is 1.70. The Morgan fingerprint density at radius 2 is 2.03 bits per heavy atom. The van der Waals surface area contributed by atoms with E-state index in [0.717, 1.165) is 4.90 Å². The van der Waals surface area contributed by atoms with Gasteiger partial charge >= 0.3 is 5.97 Å². The number of aromatic nitrogens is 4. The molecule has 0 bridgehead atoms. The number of Topliss-reactive ketones (excluding diaryl/α,β-unsaturated/α-hetero) is 1. The highest BCUT2D eigenvalue weighted by Gasteiger charge is 2.19. The summed E-state index contributed by atoms with van der Waals surface area (Å²) in [4.78, 5) is 45.3. The van der Waals surface area contributed by atoms with Crippen molar-refractivity contribution < 1.29 is 19.1 Å². The van der Waals surface area contributed by atoms with E-state index >= 15 is 0 Å². The minimum absolute atomic E-state index is 0.231. The molecule has 0 unspecified atom stereocenters. The van der Waals surface area contributed by atoms with Crippen molar-refractivity contribution in [2.45, 2.75) is 25.2 Å². The Balaban J connectivity index is 1.75. The molecule has 0 saturated carbocycles. The fourth-order valence-corrected chi connectivity index (χ4v) is 3.33. The number of benzene rings is 1. The maximum atomic E-state index is 12.5. The van der Waals surface area contributed by atoms with Crippen molar-refractivity contribution in [1.29, 1.82) is 0 Å². The first-order valence-electron chi connectivity index (χ1n) is 8.78. The molecule has 1 N–H and O–H groups in total. The van der Waals surface area contributed by atoms with Gasteiger partial charge in [-0.3, -0.25) is 9.59 Å². The smallest absolute Gasteiger partial charge is 0.342 e. The molecular weight excluding hydrogens is 394 g/mol. The maximum Gasteiger partial charge on any atom is 0.342 e. The number of carbonyl (C=O) groups excluding carboxylic acids is 3. The summed E-state index contributed by atoms with van der Waals surface area (Å²) in [6, 6.07) is 4.94. The van der Waals surface area contributed by atoms with Gasteiger partial charge in [-0.2, -0.15) is 10.1 Å². The molecule has 29 heavy (non-hydrogen) atoms. The SMILES string of the molecule is CCc1c(C(=O)OCC(=O)c2ccc(SC)c(NC(C)=O)c2)cnc2ncnn12.